The first-order valence-corrected chi connectivity index (χ1v) is 10.9. The molecule has 1 N–H and O–H groups in total. The summed E-state index contributed by atoms with van der Waals surface area (Å²) >= 11 is 9.25. The van der Waals surface area contributed by atoms with Crippen molar-refractivity contribution in [3.05, 3.63) is 69.2 Å². The van der Waals surface area contributed by atoms with Crippen molar-refractivity contribution >= 4 is 43.5 Å². The van der Waals surface area contributed by atoms with Crippen molar-refractivity contribution < 1.29 is 13.2 Å². The minimum absolute atomic E-state index is 0.106. The van der Waals surface area contributed by atoms with Gasteiger partial charge in [-0.1, -0.05) is 51.8 Å². The van der Waals surface area contributed by atoms with Gasteiger partial charge in [0.05, 0.1) is 18.8 Å². The van der Waals surface area contributed by atoms with Crippen LogP contribution in [-0.4, -0.2) is 31.4 Å². The molecule has 1 atom stereocenters. The van der Waals surface area contributed by atoms with Gasteiger partial charge in [0.15, 0.2) is 0 Å². The van der Waals surface area contributed by atoms with Crippen molar-refractivity contribution in [2.45, 2.75) is 19.5 Å². The fourth-order valence-corrected chi connectivity index (χ4v) is 3.67. The molecule has 0 aliphatic carbocycles. The van der Waals surface area contributed by atoms with Crippen molar-refractivity contribution in [1.82, 2.24) is 9.62 Å². The maximum absolute atomic E-state index is 12.4. The van der Waals surface area contributed by atoms with Gasteiger partial charge in [-0.05, 0) is 42.3 Å². The van der Waals surface area contributed by atoms with Gasteiger partial charge in [-0.15, -0.1) is 0 Å². The maximum Gasteiger partial charge on any atom is 0.235 e. The van der Waals surface area contributed by atoms with E-state index in [0.717, 1.165) is 26.2 Å². The van der Waals surface area contributed by atoms with Gasteiger partial charge >= 0.3 is 0 Å². The van der Waals surface area contributed by atoms with Crippen LogP contribution in [0.25, 0.3) is 0 Å². The predicted octanol–water partition coefficient (Wildman–Crippen LogP) is 3.74. The molecule has 0 aliphatic rings. The molecule has 2 aromatic carbocycles. The highest BCUT2D eigenvalue weighted by Gasteiger charge is 2.21. The topological polar surface area (TPSA) is 66.5 Å². The second-order valence-electron chi connectivity index (χ2n) is 6.00. The zero-order chi connectivity index (χ0) is 19.3. The Balaban J connectivity index is 2.05. The standard InChI is InChI=1S/C18H20BrClN2O3S/c1-13(15-4-3-5-16(19)10-15)21-18(23)12-22(26(2,24)25)11-14-6-8-17(20)9-7-14/h3-10,13H,11-12H2,1-2H3,(H,21,23). The second-order valence-corrected chi connectivity index (χ2v) is 9.34. The molecule has 5 nitrogen and oxygen atoms in total. The van der Waals surface area contributed by atoms with Crippen LogP contribution in [0.1, 0.15) is 24.1 Å². The third kappa shape index (κ3) is 6.39. The number of hydrogen-bond donors (Lipinski definition) is 1. The Kier molecular flexibility index (Phi) is 7.23. The second kappa shape index (κ2) is 8.99. The van der Waals surface area contributed by atoms with Crippen molar-refractivity contribution in [1.29, 1.82) is 0 Å². The van der Waals surface area contributed by atoms with E-state index < -0.39 is 10.0 Å². The van der Waals surface area contributed by atoms with Crippen LogP contribution in [-0.2, 0) is 21.4 Å². The molecule has 0 aromatic heterocycles. The van der Waals surface area contributed by atoms with Gasteiger partial charge < -0.3 is 5.32 Å². The average molecular weight is 460 g/mol. The Morgan fingerprint density at radius 3 is 2.46 bits per heavy atom. The van der Waals surface area contributed by atoms with Crippen molar-refractivity contribution in [2.75, 3.05) is 12.8 Å². The molecule has 26 heavy (non-hydrogen) atoms. The first kappa shape index (κ1) is 20.9. The molecule has 140 valence electrons. The zero-order valence-corrected chi connectivity index (χ0v) is 17.6. The number of carbonyl (C=O) groups is 1. The number of nitrogens with zero attached hydrogens (tertiary/aromatic N) is 1. The van der Waals surface area contributed by atoms with E-state index >= 15 is 0 Å². The Morgan fingerprint density at radius 1 is 1.23 bits per heavy atom. The highest BCUT2D eigenvalue weighted by atomic mass is 79.9. The van der Waals surface area contributed by atoms with Crippen LogP contribution < -0.4 is 5.32 Å². The van der Waals surface area contributed by atoms with Crippen molar-refractivity contribution in [3.8, 4) is 0 Å². The van der Waals surface area contributed by atoms with E-state index in [2.05, 4.69) is 21.2 Å². The van der Waals surface area contributed by atoms with Crippen LogP contribution in [0.5, 0.6) is 0 Å². The van der Waals surface area contributed by atoms with Gasteiger partial charge in [0, 0.05) is 16.0 Å². The van der Waals surface area contributed by atoms with Crippen molar-refractivity contribution in [2.24, 2.45) is 0 Å². The Bertz CT molecular complexity index is 872. The normalized spacial score (nSPS) is 12.8. The molecule has 0 bridgehead atoms. The third-order valence-electron chi connectivity index (χ3n) is 3.79. The number of amides is 1. The van der Waals surface area contributed by atoms with Crippen molar-refractivity contribution in [3.63, 3.8) is 0 Å². The number of carbonyl (C=O) groups excluding carboxylic acids is 1. The number of benzene rings is 2. The van der Waals surface area contributed by atoms with Crippen LogP contribution in [0.2, 0.25) is 5.02 Å². The summed E-state index contributed by atoms with van der Waals surface area (Å²) in [5.41, 5.74) is 1.68. The fourth-order valence-electron chi connectivity index (χ4n) is 2.39. The van der Waals surface area contributed by atoms with Crippen LogP contribution in [0, 0.1) is 0 Å². The van der Waals surface area contributed by atoms with Gasteiger partial charge in [0.25, 0.3) is 0 Å². The smallest absolute Gasteiger partial charge is 0.235 e. The molecule has 1 unspecified atom stereocenters. The molecule has 0 aliphatic heterocycles. The minimum atomic E-state index is -3.54. The number of nitrogens with one attached hydrogen (secondary N) is 1. The monoisotopic (exact) mass is 458 g/mol. The molecular formula is C18H20BrClN2O3S. The Labute approximate surface area is 167 Å². The van der Waals surface area contributed by atoms with E-state index in [-0.39, 0.29) is 25.0 Å². The summed E-state index contributed by atoms with van der Waals surface area (Å²) in [6.07, 6.45) is 1.09. The molecule has 0 saturated carbocycles. The maximum atomic E-state index is 12.4. The first-order chi connectivity index (χ1) is 12.1. The van der Waals surface area contributed by atoms with Gasteiger partial charge in [0.2, 0.25) is 15.9 Å². The summed E-state index contributed by atoms with van der Waals surface area (Å²) in [6, 6.07) is 14.2. The number of sulfonamides is 1. The summed E-state index contributed by atoms with van der Waals surface area (Å²) < 4.78 is 26.2. The number of rotatable bonds is 7. The molecule has 0 spiro atoms. The van der Waals surface area contributed by atoms with Crippen LogP contribution in [0.3, 0.4) is 0 Å². The molecular weight excluding hydrogens is 440 g/mol. The van der Waals surface area contributed by atoms with E-state index in [1.807, 2.05) is 31.2 Å². The Morgan fingerprint density at radius 2 is 1.88 bits per heavy atom. The third-order valence-corrected chi connectivity index (χ3v) is 5.73. The van der Waals surface area contributed by atoms with E-state index in [1.165, 1.54) is 0 Å². The fraction of sp³-hybridized carbons (Fsp3) is 0.278. The van der Waals surface area contributed by atoms with E-state index in [0.29, 0.717) is 5.02 Å². The first-order valence-electron chi connectivity index (χ1n) is 7.89. The molecule has 2 rings (SSSR count). The zero-order valence-electron chi connectivity index (χ0n) is 14.4. The average Bonchev–Trinajstić information content (AvgIpc) is 2.55. The van der Waals surface area contributed by atoms with E-state index in [4.69, 9.17) is 11.6 Å². The molecule has 1 amide bonds. The lowest BCUT2D eigenvalue weighted by Crippen LogP contribution is -2.40. The molecule has 0 heterocycles. The lowest BCUT2D eigenvalue weighted by atomic mass is 10.1. The molecule has 0 fully saturated rings. The number of halogens is 2. The molecule has 0 radical (unpaired) electrons. The summed E-state index contributed by atoms with van der Waals surface area (Å²) in [6.45, 7) is 1.71. The lowest BCUT2D eigenvalue weighted by Gasteiger charge is -2.21. The molecule has 0 saturated heterocycles. The van der Waals surface area contributed by atoms with Gasteiger partial charge in [-0.3, -0.25) is 4.79 Å². The highest BCUT2D eigenvalue weighted by molar-refractivity contribution is 9.10. The van der Waals surface area contributed by atoms with E-state index in [1.54, 1.807) is 24.3 Å². The van der Waals surface area contributed by atoms with Crippen LogP contribution >= 0.6 is 27.5 Å². The predicted molar refractivity (Wildman–Crippen MR) is 107 cm³/mol. The van der Waals surface area contributed by atoms with Gasteiger partial charge in [0.1, 0.15) is 0 Å². The van der Waals surface area contributed by atoms with Gasteiger partial charge in [-0.25, -0.2) is 8.42 Å². The van der Waals surface area contributed by atoms with Crippen LogP contribution in [0.4, 0.5) is 0 Å². The largest absolute Gasteiger partial charge is 0.348 e. The molecule has 2 aromatic rings. The van der Waals surface area contributed by atoms with Gasteiger partial charge in [-0.2, -0.15) is 4.31 Å². The van der Waals surface area contributed by atoms with Crippen LogP contribution in [0.15, 0.2) is 53.0 Å². The SMILES string of the molecule is CC(NC(=O)CN(Cc1ccc(Cl)cc1)S(C)(=O)=O)c1cccc(Br)c1. The summed E-state index contributed by atoms with van der Waals surface area (Å²) in [4.78, 5) is 12.4. The highest BCUT2D eigenvalue weighted by Crippen LogP contribution is 2.18. The molecule has 8 heteroatoms. The lowest BCUT2D eigenvalue weighted by molar-refractivity contribution is -0.122. The minimum Gasteiger partial charge on any atom is -0.348 e. The quantitative estimate of drug-likeness (QED) is 0.686. The van der Waals surface area contributed by atoms with E-state index in [9.17, 15) is 13.2 Å². The number of hydrogen-bond acceptors (Lipinski definition) is 3. The summed E-state index contributed by atoms with van der Waals surface area (Å²) in [5, 5.41) is 3.40. The Hall–Kier alpha value is -1.41. The summed E-state index contributed by atoms with van der Waals surface area (Å²) in [5.74, 6) is -0.364. The summed E-state index contributed by atoms with van der Waals surface area (Å²) in [7, 11) is -3.54.